The Morgan fingerprint density at radius 3 is 2.54 bits per heavy atom. The average Bonchev–Trinajstić information content (AvgIpc) is 2.93. The molecule has 0 aliphatic carbocycles. The third-order valence-electron chi connectivity index (χ3n) is 6.16. The fourth-order valence-electron chi connectivity index (χ4n) is 4.04. The van der Waals surface area contributed by atoms with Crippen molar-refractivity contribution in [2.24, 2.45) is 16.5 Å². The van der Waals surface area contributed by atoms with E-state index >= 15 is 0 Å². The van der Waals surface area contributed by atoms with Crippen molar-refractivity contribution >= 4 is 29.0 Å². The summed E-state index contributed by atoms with van der Waals surface area (Å²) in [6.45, 7) is 3.31. The van der Waals surface area contributed by atoms with E-state index in [-0.39, 0.29) is 30.5 Å². The van der Waals surface area contributed by atoms with Crippen LogP contribution in [0.4, 0.5) is 18.9 Å². The van der Waals surface area contributed by atoms with Gasteiger partial charge in [-0.15, -0.1) is 0 Å². The number of ether oxygens (including phenoxy) is 5. The number of hydrogen-bond acceptors (Lipinski definition) is 9. The van der Waals surface area contributed by atoms with Gasteiger partial charge in [0.2, 0.25) is 0 Å². The molecular formula is C28H33ClF3N3O6. The van der Waals surface area contributed by atoms with Crippen molar-refractivity contribution < 1.29 is 41.7 Å². The lowest BCUT2D eigenvalue weighted by Gasteiger charge is -2.38. The maximum Gasteiger partial charge on any atom is 0.418 e. The van der Waals surface area contributed by atoms with Crippen LogP contribution >= 0.6 is 11.6 Å². The van der Waals surface area contributed by atoms with Crippen molar-refractivity contribution in [2.75, 3.05) is 26.9 Å². The molecule has 224 valence electrons. The van der Waals surface area contributed by atoms with Gasteiger partial charge in [0.15, 0.2) is 6.29 Å². The minimum Gasteiger partial charge on any atom is -0.461 e. The number of hydrogen-bond donors (Lipinski definition) is 2. The van der Waals surface area contributed by atoms with Crippen molar-refractivity contribution in [3.63, 3.8) is 0 Å². The van der Waals surface area contributed by atoms with E-state index in [4.69, 9.17) is 46.8 Å². The van der Waals surface area contributed by atoms with Gasteiger partial charge in [0.05, 0.1) is 36.3 Å². The summed E-state index contributed by atoms with van der Waals surface area (Å²) in [7, 11) is 1.35. The van der Waals surface area contributed by atoms with Gasteiger partial charge in [-0.25, -0.2) is 9.79 Å². The van der Waals surface area contributed by atoms with Crippen LogP contribution in [0.3, 0.4) is 0 Å². The van der Waals surface area contributed by atoms with Crippen molar-refractivity contribution in [3.05, 3.63) is 76.5 Å². The molecule has 1 saturated heterocycles. The van der Waals surface area contributed by atoms with Crippen LogP contribution in [0.1, 0.15) is 31.3 Å². The summed E-state index contributed by atoms with van der Waals surface area (Å²) < 4.78 is 70.3. The van der Waals surface area contributed by atoms with Gasteiger partial charge in [-0.2, -0.15) is 13.2 Å². The molecule has 5 atom stereocenters. The summed E-state index contributed by atoms with van der Waals surface area (Å²) in [5.41, 5.74) is 10.5. The van der Waals surface area contributed by atoms with Gasteiger partial charge in [0, 0.05) is 24.2 Å². The molecule has 0 aromatic heterocycles. The first-order chi connectivity index (χ1) is 19.5. The van der Waals surface area contributed by atoms with Crippen LogP contribution in [0, 0.1) is 0 Å². The maximum absolute atomic E-state index is 13.9. The first-order valence-corrected chi connectivity index (χ1v) is 13.2. The number of halogens is 4. The van der Waals surface area contributed by atoms with E-state index in [1.54, 1.807) is 13.8 Å². The molecule has 13 heteroatoms. The zero-order valence-electron chi connectivity index (χ0n) is 22.8. The van der Waals surface area contributed by atoms with Gasteiger partial charge >= 0.3 is 12.1 Å². The Hall–Kier alpha value is -3.00. The molecule has 1 heterocycles. The van der Waals surface area contributed by atoms with Gasteiger partial charge in [0.1, 0.15) is 24.0 Å². The van der Waals surface area contributed by atoms with Crippen LogP contribution in [-0.4, -0.2) is 63.0 Å². The largest absolute Gasteiger partial charge is 0.461 e. The SMILES string of the molecule is CCOC(=O)C(N)=CC(=Nc1cc(Cl)ccc1C(F)(F)F)C(OC1COC(c2ccccc2)OC1C)C(CN)OC. The van der Waals surface area contributed by atoms with E-state index in [2.05, 4.69) is 4.99 Å². The molecule has 0 amide bonds. The Morgan fingerprint density at radius 2 is 1.95 bits per heavy atom. The number of rotatable bonds is 11. The number of carbonyl (C=O) groups excluding carboxylic acids is 1. The molecule has 0 spiro atoms. The molecule has 1 aliphatic rings. The highest BCUT2D eigenvalue weighted by molar-refractivity contribution is 6.30. The Morgan fingerprint density at radius 1 is 1.24 bits per heavy atom. The van der Waals surface area contributed by atoms with Crippen LogP contribution in [0.2, 0.25) is 5.02 Å². The van der Waals surface area contributed by atoms with E-state index in [0.717, 1.165) is 29.8 Å². The lowest BCUT2D eigenvalue weighted by atomic mass is 10.0. The van der Waals surface area contributed by atoms with Crippen LogP contribution in [0.15, 0.2) is 65.3 Å². The van der Waals surface area contributed by atoms with Crippen molar-refractivity contribution in [1.82, 2.24) is 0 Å². The van der Waals surface area contributed by atoms with Gasteiger partial charge in [-0.3, -0.25) is 0 Å². The summed E-state index contributed by atoms with van der Waals surface area (Å²) >= 11 is 6.02. The predicted octanol–water partition coefficient (Wildman–Crippen LogP) is 4.70. The van der Waals surface area contributed by atoms with Gasteiger partial charge < -0.3 is 35.2 Å². The Labute approximate surface area is 241 Å². The summed E-state index contributed by atoms with van der Waals surface area (Å²) in [6.07, 6.45) is -7.73. The number of carbonyl (C=O) groups is 1. The highest BCUT2D eigenvalue weighted by Crippen LogP contribution is 2.38. The van der Waals surface area contributed by atoms with Crippen LogP contribution in [0.5, 0.6) is 0 Å². The molecule has 1 fully saturated rings. The lowest BCUT2D eigenvalue weighted by molar-refractivity contribution is -0.268. The summed E-state index contributed by atoms with van der Waals surface area (Å²) in [6, 6.07) is 12.2. The Bertz CT molecular complexity index is 1220. The molecular weight excluding hydrogens is 567 g/mol. The molecule has 9 nitrogen and oxygen atoms in total. The first-order valence-electron chi connectivity index (χ1n) is 12.8. The van der Waals surface area contributed by atoms with Gasteiger partial charge in [-0.05, 0) is 38.1 Å². The van der Waals surface area contributed by atoms with E-state index in [1.165, 1.54) is 7.11 Å². The number of nitrogens with zero attached hydrogens (tertiary/aromatic N) is 1. The minimum absolute atomic E-state index is 0.00712. The number of methoxy groups -OCH3 is 1. The standard InChI is InChI=1S/C28H33ClF3N3O6/c1-4-38-26(36)20(34)13-22(35-21-12-18(29)10-11-19(21)28(30,31)32)25(23(14-33)37-3)41-24-15-39-27(40-16(24)2)17-8-6-5-7-9-17/h5-13,16,23-25,27H,4,14-15,33-34H2,1-3H3. The van der Waals surface area contributed by atoms with E-state index in [0.29, 0.717) is 0 Å². The highest BCUT2D eigenvalue weighted by Gasteiger charge is 2.38. The van der Waals surface area contributed by atoms with E-state index < -0.39 is 59.8 Å². The normalized spacial score (nSPS) is 21.8. The molecule has 5 unspecified atom stereocenters. The average molecular weight is 600 g/mol. The quantitative estimate of drug-likeness (QED) is 0.216. The van der Waals surface area contributed by atoms with Crippen LogP contribution in [0.25, 0.3) is 0 Å². The summed E-state index contributed by atoms with van der Waals surface area (Å²) in [5, 5.41) is 0.00712. The molecule has 41 heavy (non-hydrogen) atoms. The zero-order chi connectivity index (χ0) is 30.2. The summed E-state index contributed by atoms with van der Waals surface area (Å²) in [4.78, 5) is 16.6. The first kappa shape index (κ1) is 32.5. The van der Waals surface area contributed by atoms with Crippen molar-refractivity contribution in [3.8, 4) is 0 Å². The second-order valence-electron chi connectivity index (χ2n) is 9.04. The number of aliphatic imine (C=N–C) groups is 1. The van der Waals surface area contributed by atoms with Crippen LogP contribution < -0.4 is 11.5 Å². The molecule has 0 bridgehead atoms. The molecule has 1 aliphatic heterocycles. The number of benzene rings is 2. The van der Waals surface area contributed by atoms with E-state index in [1.807, 2.05) is 30.3 Å². The Kier molecular flexibility index (Phi) is 11.7. The third kappa shape index (κ3) is 8.74. The molecule has 2 aromatic rings. The second-order valence-corrected chi connectivity index (χ2v) is 9.47. The third-order valence-corrected chi connectivity index (χ3v) is 6.40. The monoisotopic (exact) mass is 599 g/mol. The zero-order valence-corrected chi connectivity index (χ0v) is 23.5. The fourth-order valence-corrected chi connectivity index (χ4v) is 4.21. The highest BCUT2D eigenvalue weighted by atomic mass is 35.5. The second kappa shape index (κ2) is 14.8. The molecule has 0 saturated carbocycles. The van der Waals surface area contributed by atoms with E-state index in [9.17, 15) is 18.0 Å². The van der Waals surface area contributed by atoms with Gasteiger partial charge in [-0.1, -0.05) is 41.9 Å². The number of esters is 1. The van der Waals surface area contributed by atoms with Crippen molar-refractivity contribution in [2.45, 2.75) is 50.7 Å². The number of nitrogens with two attached hydrogens (primary N) is 2. The Balaban J connectivity index is 2.06. The molecule has 2 aromatic carbocycles. The molecule has 0 radical (unpaired) electrons. The molecule has 3 rings (SSSR count). The lowest BCUT2D eigenvalue weighted by Crippen LogP contribution is -2.49. The smallest absolute Gasteiger partial charge is 0.418 e. The molecule has 4 N–H and O–H groups in total. The fraction of sp³-hybridized carbons (Fsp3) is 0.429. The predicted molar refractivity (Wildman–Crippen MR) is 147 cm³/mol. The maximum atomic E-state index is 13.9. The van der Waals surface area contributed by atoms with Crippen molar-refractivity contribution in [1.29, 1.82) is 0 Å². The van der Waals surface area contributed by atoms with Crippen LogP contribution in [-0.2, 0) is 34.7 Å². The summed E-state index contributed by atoms with van der Waals surface area (Å²) in [5.74, 6) is -0.897. The topological polar surface area (TPSA) is 128 Å². The minimum atomic E-state index is -4.76. The number of alkyl halides is 3. The van der Waals surface area contributed by atoms with Gasteiger partial charge in [0.25, 0.3) is 0 Å².